The lowest BCUT2D eigenvalue weighted by Gasteiger charge is -2.10. The Morgan fingerprint density at radius 3 is 2.66 bits per heavy atom. The summed E-state index contributed by atoms with van der Waals surface area (Å²) in [6, 6.07) is 16.2. The van der Waals surface area contributed by atoms with Crippen LogP contribution >= 0.6 is 11.6 Å². The summed E-state index contributed by atoms with van der Waals surface area (Å²) in [7, 11) is -1.96. The van der Waals surface area contributed by atoms with E-state index < -0.39 is 10.0 Å². The van der Waals surface area contributed by atoms with Crippen LogP contribution in [0.2, 0.25) is 5.02 Å². The molecule has 0 aliphatic carbocycles. The topological polar surface area (TPSA) is 76.0 Å². The van der Waals surface area contributed by atoms with Gasteiger partial charge in [-0.25, -0.2) is 12.4 Å². The number of nitrogens with zero attached hydrogens (tertiary/aromatic N) is 2. The summed E-state index contributed by atoms with van der Waals surface area (Å²) >= 11 is 6.24. The van der Waals surface area contributed by atoms with Crippen molar-refractivity contribution in [2.75, 3.05) is 12.4 Å². The van der Waals surface area contributed by atoms with E-state index in [0.29, 0.717) is 17.1 Å². The highest BCUT2D eigenvalue weighted by Gasteiger charge is 2.21. The monoisotopic (exact) mass is 426 g/mol. The minimum atomic E-state index is -3.79. The van der Waals surface area contributed by atoms with Gasteiger partial charge in [-0.1, -0.05) is 29.8 Å². The van der Waals surface area contributed by atoms with Gasteiger partial charge in [0.05, 0.1) is 16.2 Å². The zero-order chi connectivity index (χ0) is 20.4. The maximum Gasteiger partial charge on any atom is 0.269 e. The van der Waals surface area contributed by atoms with Crippen LogP contribution in [-0.2, 0) is 16.6 Å². The van der Waals surface area contributed by atoms with E-state index in [0.717, 1.165) is 22.3 Å². The summed E-state index contributed by atoms with van der Waals surface area (Å²) in [5.41, 5.74) is 2.95. The molecule has 0 aliphatic heterocycles. The van der Waals surface area contributed by atoms with Crippen LogP contribution in [0.5, 0.6) is 0 Å². The number of rotatable bonds is 6. The standard InChI is InChI=1S/C21H19ClN4O2S/c1-23-12-15-14-26(29(27,28)17-5-4-10-24-13-17)21-11-16(8-9-18(15)21)25-20-7-3-2-6-19(20)22/h2-11,13-14,23,25H,12H2,1H3. The first-order chi connectivity index (χ1) is 14.0. The number of halogens is 1. The van der Waals surface area contributed by atoms with Crippen LogP contribution < -0.4 is 10.6 Å². The van der Waals surface area contributed by atoms with Gasteiger partial charge in [0.2, 0.25) is 0 Å². The van der Waals surface area contributed by atoms with Crippen molar-refractivity contribution in [2.45, 2.75) is 11.4 Å². The smallest absolute Gasteiger partial charge is 0.269 e. The van der Waals surface area contributed by atoms with E-state index in [9.17, 15) is 8.42 Å². The number of para-hydroxylation sites is 1. The number of aromatic nitrogens is 2. The molecule has 2 N–H and O–H groups in total. The van der Waals surface area contributed by atoms with Crippen LogP contribution in [0, 0.1) is 0 Å². The Bertz CT molecular complexity index is 1270. The van der Waals surface area contributed by atoms with Gasteiger partial charge in [-0.15, -0.1) is 0 Å². The van der Waals surface area contributed by atoms with E-state index >= 15 is 0 Å². The zero-order valence-electron chi connectivity index (χ0n) is 15.6. The summed E-state index contributed by atoms with van der Waals surface area (Å²) in [6.45, 7) is 0.545. The van der Waals surface area contributed by atoms with Crippen LogP contribution in [0.1, 0.15) is 5.56 Å². The maximum absolute atomic E-state index is 13.3. The van der Waals surface area contributed by atoms with Crippen molar-refractivity contribution in [1.29, 1.82) is 0 Å². The summed E-state index contributed by atoms with van der Waals surface area (Å²) in [5.74, 6) is 0. The molecule has 148 valence electrons. The zero-order valence-corrected chi connectivity index (χ0v) is 17.2. The average Bonchev–Trinajstić information content (AvgIpc) is 3.09. The van der Waals surface area contributed by atoms with Gasteiger partial charge >= 0.3 is 0 Å². The molecule has 29 heavy (non-hydrogen) atoms. The van der Waals surface area contributed by atoms with E-state index in [1.165, 1.54) is 16.2 Å². The molecular weight excluding hydrogens is 408 g/mol. The number of benzene rings is 2. The fraction of sp³-hybridized carbons (Fsp3) is 0.0952. The second-order valence-corrected chi connectivity index (χ2v) is 8.73. The highest BCUT2D eigenvalue weighted by atomic mass is 35.5. The number of pyridine rings is 1. The molecule has 0 spiro atoms. The first kappa shape index (κ1) is 19.4. The third kappa shape index (κ3) is 3.72. The van der Waals surface area contributed by atoms with Gasteiger partial charge in [0.25, 0.3) is 10.0 Å². The van der Waals surface area contributed by atoms with Crippen LogP contribution in [0.15, 0.2) is 78.1 Å². The van der Waals surface area contributed by atoms with Crippen molar-refractivity contribution < 1.29 is 8.42 Å². The van der Waals surface area contributed by atoms with Crippen molar-refractivity contribution in [3.8, 4) is 0 Å². The molecule has 0 radical (unpaired) electrons. The molecule has 0 saturated carbocycles. The quantitative estimate of drug-likeness (QED) is 0.478. The second kappa shape index (κ2) is 7.87. The summed E-state index contributed by atoms with van der Waals surface area (Å²) in [5, 5.41) is 7.79. The molecule has 6 nitrogen and oxygen atoms in total. The van der Waals surface area contributed by atoms with Gasteiger partial charge in [-0.05, 0) is 49.0 Å². The maximum atomic E-state index is 13.3. The van der Waals surface area contributed by atoms with Crippen molar-refractivity contribution >= 4 is 43.9 Å². The highest BCUT2D eigenvalue weighted by Crippen LogP contribution is 2.31. The van der Waals surface area contributed by atoms with E-state index in [1.54, 1.807) is 24.5 Å². The summed E-state index contributed by atoms with van der Waals surface area (Å²) in [6.07, 6.45) is 4.55. The SMILES string of the molecule is CNCc1cn(S(=O)(=O)c2cccnc2)c2cc(Nc3ccccc3Cl)ccc12. The molecule has 0 bridgehead atoms. The third-order valence-electron chi connectivity index (χ3n) is 4.57. The number of hydrogen-bond donors (Lipinski definition) is 2. The molecule has 4 aromatic rings. The fourth-order valence-corrected chi connectivity index (χ4v) is 4.74. The predicted molar refractivity (Wildman–Crippen MR) is 116 cm³/mol. The van der Waals surface area contributed by atoms with Crippen molar-refractivity contribution in [3.05, 3.63) is 83.8 Å². The molecule has 2 heterocycles. The number of nitrogens with one attached hydrogen (secondary N) is 2. The summed E-state index contributed by atoms with van der Waals surface area (Å²) < 4.78 is 27.8. The van der Waals surface area contributed by atoms with Gasteiger partial charge < -0.3 is 10.6 Å². The molecule has 0 amide bonds. The number of fused-ring (bicyclic) bond motifs is 1. The number of anilines is 2. The molecule has 2 aromatic carbocycles. The molecule has 4 rings (SSSR count). The Morgan fingerprint density at radius 2 is 1.93 bits per heavy atom. The summed E-state index contributed by atoms with van der Waals surface area (Å²) in [4.78, 5) is 4.09. The Hall–Kier alpha value is -2.87. The molecule has 0 saturated heterocycles. The lowest BCUT2D eigenvalue weighted by molar-refractivity contribution is 0.588. The van der Waals surface area contributed by atoms with E-state index in [2.05, 4.69) is 15.6 Å². The van der Waals surface area contributed by atoms with Gasteiger partial charge in [-0.2, -0.15) is 0 Å². The Morgan fingerprint density at radius 1 is 1.10 bits per heavy atom. The van der Waals surface area contributed by atoms with E-state index in [4.69, 9.17) is 11.6 Å². The molecule has 0 unspecified atom stereocenters. The lowest BCUT2D eigenvalue weighted by atomic mass is 10.1. The first-order valence-electron chi connectivity index (χ1n) is 8.96. The molecule has 2 aromatic heterocycles. The Balaban J connectivity index is 1.86. The van der Waals surface area contributed by atoms with Gasteiger partial charge in [0.15, 0.2) is 0 Å². The minimum absolute atomic E-state index is 0.136. The molecule has 0 aliphatic rings. The van der Waals surface area contributed by atoms with Gasteiger partial charge in [0.1, 0.15) is 4.90 Å². The largest absolute Gasteiger partial charge is 0.354 e. The van der Waals surface area contributed by atoms with Crippen LogP contribution in [-0.4, -0.2) is 24.4 Å². The molecule has 8 heteroatoms. The van der Waals surface area contributed by atoms with E-state index in [1.807, 2.05) is 43.4 Å². The predicted octanol–water partition coefficient (Wildman–Crippen LogP) is 4.39. The highest BCUT2D eigenvalue weighted by molar-refractivity contribution is 7.90. The van der Waals surface area contributed by atoms with Crippen LogP contribution in [0.4, 0.5) is 11.4 Å². The Labute approximate surface area is 174 Å². The first-order valence-corrected chi connectivity index (χ1v) is 10.8. The minimum Gasteiger partial charge on any atom is -0.354 e. The van der Waals surface area contributed by atoms with Gasteiger partial charge in [-0.3, -0.25) is 4.98 Å². The number of hydrogen-bond acceptors (Lipinski definition) is 5. The molecule has 0 fully saturated rings. The lowest BCUT2D eigenvalue weighted by Crippen LogP contribution is -2.12. The van der Waals surface area contributed by atoms with Crippen LogP contribution in [0.25, 0.3) is 10.9 Å². The fourth-order valence-electron chi connectivity index (χ4n) is 3.21. The van der Waals surface area contributed by atoms with Crippen LogP contribution in [0.3, 0.4) is 0 Å². The Kier molecular flexibility index (Phi) is 5.27. The molecular formula is C21H19ClN4O2S. The van der Waals surface area contributed by atoms with Crippen molar-refractivity contribution in [1.82, 2.24) is 14.3 Å². The van der Waals surface area contributed by atoms with Crippen molar-refractivity contribution in [2.24, 2.45) is 0 Å². The molecule has 0 atom stereocenters. The van der Waals surface area contributed by atoms with E-state index in [-0.39, 0.29) is 4.90 Å². The van der Waals surface area contributed by atoms with Gasteiger partial charge in [0, 0.05) is 36.2 Å². The third-order valence-corrected chi connectivity index (χ3v) is 6.55. The van der Waals surface area contributed by atoms with Crippen molar-refractivity contribution in [3.63, 3.8) is 0 Å². The normalized spacial score (nSPS) is 11.7. The average molecular weight is 427 g/mol. The second-order valence-electron chi connectivity index (χ2n) is 6.51.